The molecule has 1 amide bonds. The highest BCUT2D eigenvalue weighted by atomic mass is 32.2. The van der Waals surface area contributed by atoms with Crippen molar-refractivity contribution >= 4 is 28.8 Å². The number of nitrogens with one attached hydrogen (secondary N) is 2. The maximum atomic E-state index is 12.7. The van der Waals surface area contributed by atoms with Crippen molar-refractivity contribution in [3.8, 4) is 0 Å². The Morgan fingerprint density at radius 3 is 2.19 bits per heavy atom. The van der Waals surface area contributed by atoms with E-state index >= 15 is 0 Å². The van der Waals surface area contributed by atoms with Gasteiger partial charge in [0.25, 0.3) is 0 Å². The molecule has 1 unspecified atom stereocenters. The van der Waals surface area contributed by atoms with Crippen molar-refractivity contribution in [3.63, 3.8) is 0 Å². The number of nitrogens with two attached hydrogens (primary N) is 1. The molecule has 0 aromatic carbocycles. The number of rotatable bonds is 11. The van der Waals surface area contributed by atoms with Gasteiger partial charge in [-0.1, -0.05) is 46.4 Å². The largest absolute Gasteiger partial charge is 0.481 e. The minimum Gasteiger partial charge on any atom is -0.481 e. The standard InChI is InChI=1S/C17H33N3O5S/c1-10(2)19-11(6-7-13(21)22)16(25)20-12(9-26-14(23)8-18)15(24)17(3,4)5/h10-12,15,19,24H,6-9,18H2,1-5H3,(H,20,25)(H,21,22)/t11-,12-,15?/m0/s1. The first kappa shape index (κ1) is 24.8. The van der Waals surface area contributed by atoms with Crippen LogP contribution in [0, 0.1) is 5.41 Å². The zero-order valence-electron chi connectivity index (χ0n) is 16.2. The highest BCUT2D eigenvalue weighted by Gasteiger charge is 2.33. The van der Waals surface area contributed by atoms with E-state index in [0.29, 0.717) is 0 Å². The second kappa shape index (κ2) is 11.5. The van der Waals surface area contributed by atoms with Crippen LogP contribution in [0.4, 0.5) is 0 Å². The Hall–Kier alpha value is -1.16. The van der Waals surface area contributed by atoms with Crippen LogP contribution < -0.4 is 16.4 Å². The van der Waals surface area contributed by atoms with Crippen molar-refractivity contribution < 1.29 is 24.6 Å². The summed E-state index contributed by atoms with van der Waals surface area (Å²) in [6.07, 6.45) is -0.902. The Balaban J connectivity index is 5.17. The summed E-state index contributed by atoms with van der Waals surface area (Å²) in [7, 11) is 0. The Labute approximate surface area is 159 Å². The van der Waals surface area contributed by atoms with Crippen LogP contribution >= 0.6 is 11.8 Å². The van der Waals surface area contributed by atoms with Crippen LogP contribution in [0.25, 0.3) is 0 Å². The third kappa shape index (κ3) is 10.1. The fourth-order valence-electron chi connectivity index (χ4n) is 2.30. The third-order valence-corrected chi connectivity index (χ3v) is 4.70. The SMILES string of the molecule is CC(C)N[C@@H](CCC(=O)O)C(=O)N[C@@H](CSC(=O)CN)C(O)C(C)(C)C. The van der Waals surface area contributed by atoms with Crippen molar-refractivity contribution in [1.29, 1.82) is 0 Å². The van der Waals surface area contributed by atoms with Gasteiger partial charge in [0.2, 0.25) is 11.0 Å². The smallest absolute Gasteiger partial charge is 0.303 e. The number of thioether (sulfide) groups is 1. The Morgan fingerprint density at radius 2 is 1.77 bits per heavy atom. The predicted molar refractivity (Wildman–Crippen MR) is 103 cm³/mol. The zero-order chi connectivity index (χ0) is 20.5. The maximum absolute atomic E-state index is 12.7. The van der Waals surface area contributed by atoms with E-state index in [1.165, 1.54) is 0 Å². The molecule has 0 heterocycles. The molecule has 0 aromatic rings. The Morgan fingerprint density at radius 1 is 1.19 bits per heavy atom. The van der Waals surface area contributed by atoms with Gasteiger partial charge in [0, 0.05) is 18.2 Å². The lowest BCUT2D eigenvalue weighted by atomic mass is 9.85. The zero-order valence-corrected chi connectivity index (χ0v) is 17.1. The molecule has 152 valence electrons. The molecule has 9 heteroatoms. The number of aliphatic hydroxyl groups is 1. The van der Waals surface area contributed by atoms with E-state index in [1.54, 1.807) is 0 Å². The molecular weight excluding hydrogens is 358 g/mol. The highest BCUT2D eigenvalue weighted by Crippen LogP contribution is 2.24. The van der Waals surface area contributed by atoms with Crippen molar-refractivity contribution in [3.05, 3.63) is 0 Å². The molecule has 0 aliphatic carbocycles. The minimum atomic E-state index is -0.983. The lowest BCUT2D eigenvalue weighted by molar-refractivity contribution is -0.137. The number of carboxylic acids is 1. The van der Waals surface area contributed by atoms with Crippen LogP contribution in [0.3, 0.4) is 0 Å². The molecule has 0 radical (unpaired) electrons. The van der Waals surface area contributed by atoms with Gasteiger partial charge in [-0.15, -0.1) is 0 Å². The van der Waals surface area contributed by atoms with Gasteiger partial charge in [-0.3, -0.25) is 14.4 Å². The second-order valence-corrected chi connectivity index (χ2v) is 8.70. The average molecular weight is 392 g/mol. The Bertz CT molecular complexity index is 480. The van der Waals surface area contributed by atoms with E-state index in [9.17, 15) is 19.5 Å². The summed E-state index contributed by atoms with van der Waals surface area (Å²) < 4.78 is 0. The van der Waals surface area contributed by atoms with Gasteiger partial charge >= 0.3 is 5.97 Å². The predicted octanol–water partition coefficient (Wildman–Crippen LogP) is 0.328. The van der Waals surface area contributed by atoms with Crippen LogP contribution in [-0.2, 0) is 14.4 Å². The molecule has 0 spiro atoms. The summed E-state index contributed by atoms with van der Waals surface area (Å²) in [6, 6.07) is -1.38. The van der Waals surface area contributed by atoms with Gasteiger partial charge in [-0.25, -0.2) is 0 Å². The molecule has 0 bridgehead atoms. The van der Waals surface area contributed by atoms with Crippen LogP contribution in [-0.4, -0.2) is 63.7 Å². The quantitative estimate of drug-likeness (QED) is 0.339. The molecule has 6 N–H and O–H groups in total. The fourth-order valence-corrected chi connectivity index (χ4v) is 3.05. The van der Waals surface area contributed by atoms with Crippen molar-refractivity contribution in [2.24, 2.45) is 11.1 Å². The van der Waals surface area contributed by atoms with Gasteiger partial charge < -0.3 is 26.6 Å². The summed E-state index contributed by atoms with van der Waals surface area (Å²) in [5.74, 6) is -1.19. The van der Waals surface area contributed by atoms with Gasteiger partial charge in [0.1, 0.15) is 0 Å². The van der Waals surface area contributed by atoms with E-state index in [2.05, 4.69) is 10.6 Å². The van der Waals surface area contributed by atoms with Crippen molar-refractivity contribution in [1.82, 2.24) is 10.6 Å². The molecule has 26 heavy (non-hydrogen) atoms. The summed E-state index contributed by atoms with van der Waals surface area (Å²) in [4.78, 5) is 35.0. The normalized spacial score (nSPS) is 15.4. The van der Waals surface area contributed by atoms with Gasteiger partial charge in [0.05, 0.1) is 24.7 Å². The molecule has 8 nitrogen and oxygen atoms in total. The van der Waals surface area contributed by atoms with Crippen LogP contribution in [0.1, 0.15) is 47.5 Å². The van der Waals surface area contributed by atoms with E-state index in [1.807, 2.05) is 34.6 Å². The maximum Gasteiger partial charge on any atom is 0.303 e. The summed E-state index contributed by atoms with van der Waals surface area (Å²) >= 11 is 0.962. The topological polar surface area (TPSA) is 142 Å². The van der Waals surface area contributed by atoms with Gasteiger partial charge in [-0.2, -0.15) is 0 Å². The number of aliphatic hydroxyl groups excluding tert-OH is 1. The van der Waals surface area contributed by atoms with Gasteiger partial charge in [-0.05, 0) is 11.8 Å². The molecule has 0 aliphatic rings. The number of carboxylic acid groups (broad SMARTS) is 1. The third-order valence-electron chi connectivity index (χ3n) is 3.68. The van der Waals surface area contributed by atoms with E-state index in [-0.39, 0.29) is 36.3 Å². The average Bonchev–Trinajstić information content (AvgIpc) is 2.52. The van der Waals surface area contributed by atoms with E-state index in [4.69, 9.17) is 10.8 Å². The fraction of sp³-hybridized carbons (Fsp3) is 0.824. The monoisotopic (exact) mass is 391 g/mol. The number of aliphatic carboxylic acids is 1. The molecular formula is C17H33N3O5S. The number of hydrogen-bond acceptors (Lipinski definition) is 7. The molecule has 0 rings (SSSR count). The second-order valence-electron chi connectivity index (χ2n) is 7.62. The first-order chi connectivity index (χ1) is 11.9. The summed E-state index contributed by atoms with van der Waals surface area (Å²) in [5, 5.41) is 25.0. The van der Waals surface area contributed by atoms with Crippen molar-refractivity contribution in [2.75, 3.05) is 12.3 Å². The van der Waals surface area contributed by atoms with E-state index < -0.39 is 35.5 Å². The number of hydrogen-bond donors (Lipinski definition) is 5. The first-order valence-corrected chi connectivity index (χ1v) is 9.69. The lowest BCUT2D eigenvalue weighted by Gasteiger charge is -2.34. The van der Waals surface area contributed by atoms with Crippen LogP contribution in [0.2, 0.25) is 0 Å². The first-order valence-electron chi connectivity index (χ1n) is 8.70. The molecule has 0 aromatic heterocycles. The van der Waals surface area contributed by atoms with Gasteiger partial charge in [0.15, 0.2) is 0 Å². The Kier molecular flexibility index (Phi) is 11.0. The molecule has 0 aliphatic heterocycles. The number of amides is 1. The van der Waals surface area contributed by atoms with Crippen molar-refractivity contribution in [2.45, 2.75) is 71.7 Å². The molecule has 0 fully saturated rings. The highest BCUT2D eigenvalue weighted by molar-refractivity contribution is 8.13. The molecule has 0 saturated carbocycles. The molecule has 3 atom stereocenters. The minimum absolute atomic E-state index is 0.0151. The summed E-state index contributed by atoms with van der Waals surface area (Å²) in [5.41, 5.74) is 4.80. The van der Waals surface area contributed by atoms with Crippen LogP contribution in [0.15, 0.2) is 0 Å². The number of carbonyl (C=O) groups is 3. The number of carbonyl (C=O) groups excluding carboxylic acids is 2. The van der Waals surface area contributed by atoms with Crippen LogP contribution in [0.5, 0.6) is 0 Å². The van der Waals surface area contributed by atoms with E-state index in [0.717, 1.165) is 11.8 Å². The lowest BCUT2D eigenvalue weighted by Crippen LogP contribution is -2.56. The summed E-state index contributed by atoms with van der Waals surface area (Å²) in [6.45, 7) is 9.10. The molecule has 0 saturated heterocycles.